The van der Waals surface area contributed by atoms with E-state index in [0.717, 1.165) is 36.4 Å². The molecule has 5 heteroatoms. The van der Waals surface area contributed by atoms with Crippen LogP contribution in [0.3, 0.4) is 0 Å². The fraction of sp³-hybridized carbons (Fsp3) is 0.190. The molecule has 2 aromatic carbocycles. The Morgan fingerprint density at radius 2 is 2.12 bits per heavy atom. The zero-order valence-electron chi connectivity index (χ0n) is 14.6. The normalized spacial score (nSPS) is 14.2. The second-order valence-corrected chi connectivity index (χ2v) is 5.95. The van der Waals surface area contributed by atoms with Crippen molar-refractivity contribution < 1.29 is 13.9 Å². The quantitative estimate of drug-likeness (QED) is 0.804. The molecule has 1 amide bonds. The van der Waals surface area contributed by atoms with Crippen molar-refractivity contribution in [3.63, 3.8) is 0 Å². The third-order valence-electron chi connectivity index (χ3n) is 4.19. The standard InChI is InChI=1S/C21H21FN2O2/c1-26-20-14-15(6-8-17(20)16-10-12-23-13-11-16)7-9-21(25)24-19-5-3-2-4-18(19)22/h2-10,14,23H,11-13H2,1H3,(H,24,25)/b9-7+. The number of para-hydroxylation sites is 1. The lowest BCUT2D eigenvalue weighted by molar-refractivity contribution is -0.111. The Kier molecular flexibility index (Phi) is 5.81. The molecular weight excluding hydrogens is 331 g/mol. The second kappa shape index (κ2) is 8.45. The largest absolute Gasteiger partial charge is 0.496 e. The van der Waals surface area contributed by atoms with Crippen LogP contribution in [0.4, 0.5) is 10.1 Å². The van der Waals surface area contributed by atoms with Gasteiger partial charge in [0, 0.05) is 18.2 Å². The molecule has 0 radical (unpaired) electrons. The van der Waals surface area contributed by atoms with Gasteiger partial charge in [0.2, 0.25) is 5.91 Å². The third-order valence-corrected chi connectivity index (χ3v) is 4.19. The van der Waals surface area contributed by atoms with E-state index in [-0.39, 0.29) is 11.6 Å². The molecule has 0 fully saturated rings. The predicted molar refractivity (Wildman–Crippen MR) is 103 cm³/mol. The first kappa shape index (κ1) is 17.9. The average Bonchev–Trinajstić information content (AvgIpc) is 2.68. The van der Waals surface area contributed by atoms with Gasteiger partial charge in [0.15, 0.2) is 0 Å². The minimum Gasteiger partial charge on any atom is -0.496 e. The molecule has 1 aliphatic rings. The van der Waals surface area contributed by atoms with Gasteiger partial charge in [-0.15, -0.1) is 0 Å². The minimum absolute atomic E-state index is 0.160. The summed E-state index contributed by atoms with van der Waals surface area (Å²) in [5.74, 6) is -0.0791. The highest BCUT2D eigenvalue weighted by Gasteiger charge is 2.11. The van der Waals surface area contributed by atoms with Crippen LogP contribution in [0.2, 0.25) is 0 Å². The van der Waals surface area contributed by atoms with Crippen molar-refractivity contribution >= 4 is 23.2 Å². The summed E-state index contributed by atoms with van der Waals surface area (Å²) in [7, 11) is 1.64. The van der Waals surface area contributed by atoms with Gasteiger partial charge in [0.25, 0.3) is 0 Å². The molecule has 2 N–H and O–H groups in total. The van der Waals surface area contributed by atoms with Gasteiger partial charge in [0.1, 0.15) is 11.6 Å². The van der Waals surface area contributed by atoms with E-state index >= 15 is 0 Å². The summed E-state index contributed by atoms with van der Waals surface area (Å²) in [6.45, 7) is 1.81. The highest BCUT2D eigenvalue weighted by atomic mass is 19.1. The first-order chi connectivity index (χ1) is 12.7. The van der Waals surface area contributed by atoms with Crippen LogP contribution in [-0.4, -0.2) is 26.1 Å². The zero-order valence-corrected chi connectivity index (χ0v) is 14.6. The number of benzene rings is 2. The maximum atomic E-state index is 13.6. The van der Waals surface area contributed by atoms with Crippen LogP contribution in [0.1, 0.15) is 17.5 Å². The first-order valence-corrected chi connectivity index (χ1v) is 8.49. The number of hydrogen-bond donors (Lipinski definition) is 2. The van der Waals surface area contributed by atoms with E-state index in [0.29, 0.717) is 0 Å². The van der Waals surface area contributed by atoms with Crippen LogP contribution in [0, 0.1) is 5.82 Å². The van der Waals surface area contributed by atoms with E-state index in [2.05, 4.69) is 16.7 Å². The van der Waals surface area contributed by atoms with Crippen LogP contribution < -0.4 is 15.4 Å². The van der Waals surface area contributed by atoms with Gasteiger partial charge in [0.05, 0.1) is 12.8 Å². The maximum absolute atomic E-state index is 13.6. The Bertz CT molecular complexity index is 859. The summed E-state index contributed by atoms with van der Waals surface area (Å²) >= 11 is 0. The highest BCUT2D eigenvalue weighted by molar-refractivity contribution is 6.02. The smallest absolute Gasteiger partial charge is 0.248 e. The second-order valence-electron chi connectivity index (χ2n) is 5.95. The molecule has 1 heterocycles. The van der Waals surface area contributed by atoms with Gasteiger partial charge < -0.3 is 15.4 Å². The lowest BCUT2D eigenvalue weighted by atomic mass is 9.98. The lowest BCUT2D eigenvalue weighted by Gasteiger charge is -2.17. The molecule has 1 aliphatic heterocycles. The Hall–Kier alpha value is -2.92. The molecule has 0 unspecified atom stereocenters. The molecule has 4 nitrogen and oxygen atoms in total. The number of amides is 1. The number of halogens is 1. The number of ether oxygens (including phenoxy) is 1. The number of carbonyl (C=O) groups is 1. The summed E-state index contributed by atoms with van der Waals surface area (Å²) in [6.07, 6.45) is 6.18. The van der Waals surface area contributed by atoms with Gasteiger partial charge in [-0.2, -0.15) is 0 Å². The van der Waals surface area contributed by atoms with Crippen molar-refractivity contribution in [1.29, 1.82) is 0 Å². The Balaban J connectivity index is 1.73. The van der Waals surface area contributed by atoms with E-state index in [4.69, 9.17) is 4.74 Å². The predicted octanol–water partition coefficient (Wildman–Crippen LogP) is 3.86. The monoisotopic (exact) mass is 352 g/mol. The summed E-state index contributed by atoms with van der Waals surface area (Å²) in [4.78, 5) is 12.0. The Labute approximate surface area is 152 Å². The lowest BCUT2D eigenvalue weighted by Crippen LogP contribution is -2.20. The van der Waals surface area contributed by atoms with Crippen molar-refractivity contribution in [2.24, 2.45) is 0 Å². The number of nitrogens with one attached hydrogen (secondary N) is 2. The first-order valence-electron chi connectivity index (χ1n) is 8.49. The topological polar surface area (TPSA) is 50.4 Å². The molecule has 0 spiro atoms. The van der Waals surface area contributed by atoms with Crippen LogP contribution >= 0.6 is 0 Å². The molecule has 0 saturated heterocycles. The van der Waals surface area contributed by atoms with E-state index in [9.17, 15) is 9.18 Å². The van der Waals surface area contributed by atoms with Gasteiger partial charge in [-0.1, -0.05) is 30.3 Å². The van der Waals surface area contributed by atoms with Crippen LogP contribution in [0.5, 0.6) is 5.75 Å². The number of anilines is 1. The Morgan fingerprint density at radius 1 is 1.27 bits per heavy atom. The molecule has 0 aromatic heterocycles. The van der Waals surface area contributed by atoms with Crippen molar-refractivity contribution in [2.75, 3.05) is 25.5 Å². The van der Waals surface area contributed by atoms with Gasteiger partial charge >= 0.3 is 0 Å². The Morgan fingerprint density at radius 3 is 2.85 bits per heavy atom. The van der Waals surface area contributed by atoms with E-state index in [1.54, 1.807) is 25.3 Å². The number of rotatable bonds is 5. The molecule has 2 aromatic rings. The third kappa shape index (κ3) is 4.37. The van der Waals surface area contributed by atoms with Gasteiger partial charge in [-0.3, -0.25) is 4.79 Å². The van der Waals surface area contributed by atoms with Crippen molar-refractivity contribution in [1.82, 2.24) is 5.32 Å². The summed E-state index contributed by atoms with van der Waals surface area (Å²) < 4.78 is 19.1. The molecule has 3 rings (SSSR count). The minimum atomic E-state index is -0.462. The van der Waals surface area contributed by atoms with Gasteiger partial charge in [-0.05, 0) is 48.4 Å². The van der Waals surface area contributed by atoms with Crippen molar-refractivity contribution in [3.05, 3.63) is 71.6 Å². The molecule has 134 valence electrons. The van der Waals surface area contributed by atoms with E-state index in [1.807, 2.05) is 18.2 Å². The van der Waals surface area contributed by atoms with Crippen molar-refractivity contribution in [3.8, 4) is 5.75 Å². The van der Waals surface area contributed by atoms with Crippen LogP contribution in [-0.2, 0) is 4.79 Å². The SMILES string of the molecule is COc1cc(/C=C/C(=O)Nc2ccccc2F)ccc1C1=CCNCC1. The van der Waals surface area contributed by atoms with Gasteiger partial charge in [-0.25, -0.2) is 4.39 Å². The zero-order chi connectivity index (χ0) is 18.4. The maximum Gasteiger partial charge on any atom is 0.248 e. The summed E-state index contributed by atoms with van der Waals surface area (Å²) in [5.41, 5.74) is 3.33. The summed E-state index contributed by atoms with van der Waals surface area (Å²) in [5, 5.41) is 5.81. The highest BCUT2D eigenvalue weighted by Crippen LogP contribution is 2.30. The van der Waals surface area contributed by atoms with E-state index in [1.165, 1.54) is 23.8 Å². The fourth-order valence-corrected chi connectivity index (χ4v) is 2.85. The summed E-state index contributed by atoms with van der Waals surface area (Å²) in [6, 6.07) is 11.9. The van der Waals surface area contributed by atoms with Crippen LogP contribution in [0.25, 0.3) is 11.6 Å². The molecule has 0 saturated carbocycles. The molecule has 0 bridgehead atoms. The van der Waals surface area contributed by atoms with Crippen LogP contribution in [0.15, 0.2) is 54.6 Å². The van der Waals surface area contributed by atoms with Crippen molar-refractivity contribution in [2.45, 2.75) is 6.42 Å². The molecule has 26 heavy (non-hydrogen) atoms. The molecule has 0 atom stereocenters. The fourth-order valence-electron chi connectivity index (χ4n) is 2.85. The number of carbonyl (C=O) groups excluding carboxylic acids is 1. The number of hydrogen-bond acceptors (Lipinski definition) is 3. The molecule has 0 aliphatic carbocycles. The van der Waals surface area contributed by atoms with E-state index < -0.39 is 5.82 Å². The number of methoxy groups -OCH3 is 1. The molecular formula is C21H21FN2O2. The average molecular weight is 352 g/mol.